The van der Waals surface area contributed by atoms with E-state index >= 15 is 4.39 Å². The normalized spacial score (nSPS) is 21.1. The molecule has 0 saturated carbocycles. The predicted octanol–water partition coefficient (Wildman–Crippen LogP) is 3.13. The summed E-state index contributed by atoms with van der Waals surface area (Å²) < 4.78 is 15.3. The number of halogens is 1. The van der Waals surface area contributed by atoms with E-state index < -0.39 is 0 Å². The standard InChI is InChI=1S/C24H31FN6S/c1-29(2)20-9-11-31(16-20)22-13-23(21(25)12-19(22)14-27-28-24(26)32)30-10-8-18(15-30)17-6-4-3-5-7-17/h3-7,12-14,18,20H,8-11,15-16H2,1-2H3,(H3,26,28,32)/b27-14+/t18?,20-/m1/s1. The molecule has 2 aliphatic heterocycles. The van der Waals surface area contributed by atoms with E-state index in [1.165, 1.54) is 5.56 Å². The highest BCUT2D eigenvalue weighted by atomic mass is 32.1. The smallest absolute Gasteiger partial charge is 0.184 e. The van der Waals surface area contributed by atoms with E-state index in [4.69, 9.17) is 18.0 Å². The molecule has 0 aromatic heterocycles. The van der Waals surface area contributed by atoms with Gasteiger partial charge in [0.2, 0.25) is 0 Å². The van der Waals surface area contributed by atoms with Crippen molar-refractivity contribution in [3.63, 3.8) is 0 Å². The highest BCUT2D eigenvalue weighted by Crippen LogP contribution is 2.36. The average molecular weight is 455 g/mol. The van der Waals surface area contributed by atoms with E-state index in [-0.39, 0.29) is 10.9 Å². The molecule has 0 spiro atoms. The third-order valence-corrected chi connectivity index (χ3v) is 6.60. The lowest BCUT2D eigenvalue weighted by atomic mass is 9.99. The fourth-order valence-electron chi connectivity index (χ4n) is 4.71. The average Bonchev–Trinajstić information content (AvgIpc) is 3.45. The summed E-state index contributed by atoms with van der Waals surface area (Å²) in [6.45, 7) is 3.47. The maximum atomic E-state index is 15.3. The van der Waals surface area contributed by atoms with E-state index in [0.717, 1.165) is 44.7 Å². The number of hydrazone groups is 1. The van der Waals surface area contributed by atoms with E-state index in [9.17, 15) is 0 Å². The van der Waals surface area contributed by atoms with Crippen LogP contribution >= 0.6 is 12.2 Å². The summed E-state index contributed by atoms with van der Waals surface area (Å²) >= 11 is 4.82. The second kappa shape index (κ2) is 9.83. The zero-order chi connectivity index (χ0) is 22.7. The number of thiocarbonyl (C=S) groups is 1. The van der Waals surface area contributed by atoms with Crippen LogP contribution < -0.4 is 21.0 Å². The number of nitrogens with zero attached hydrogens (tertiary/aromatic N) is 4. The third kappa shape index (κ3) is 5.02. The first kappa shape index (κ1) is 22.5. The van der Waals surface area contributed by atoms with E-state index in [0.29, 0.717) is 23.2 Å². The fraction of sp³-hybridized carbons (Fsp3) is 0.417. The molecule has 2 aromatic rings. The molecule has 3 N–H and O–H groups in total. The second-order valence-electron chi connectivity index (χ2n) is 8.79. The van der Waals surface area contributed by atoms with Crippen LogP contribution in [0.5, 0.6) is 0 Å². The molecule has 2 aliphatic rings. The van der Waals surface area contributed by atoms with Crippen LogP contribution in [-0.2, 0) is 0 Å². The summed E-state index contributed by atoms with van der Waals surface area (Å²) in [5.41, 5.74) is 11.7. The van der Waals surface area contributed by atoms with Gasteiger partial charge in [0.1, 0.15) is 5.82 Å². The Hall–Kier alpha value is -2.71. The molecule has 1 unspecified atom stereocenters. The number of nitrogens with two attached hydrogens (primary N) is 1. The zero-order valence-electron chi connectivity index (χ0n) is 18.7. The summed E-state index contributed by atoms with van der Waals surface area (Å²) in [4.78, 5) is 6.74. The van der Waals surface area contributed by atoms with Gasteiger partial charge in [-0.15, -0.1) is 0 Å². The van der Waals surface area contributed by atoms with Crippen LogP contribution in [-0.4, -0.2) is 62.5 Å². The van der Waals surface area contributed by atoms with Gasteiger partial charge in [0.15, 0.2) is 5.11 Å². The molecule has 0 radical (unpaired) electrons. The van der Waals surface area contributed by atoms with Gasteiger partial charge in [-0.1, -0.05) is 30.3 Å². The molecule has 170 valence electrons. The number of benzene rings is 2. The first-order valence-corrected chi connectivity index (χ1v) is 11.5. The van der Waals surface area contributed by atoms with Crippen molar-refractivity contribution in [2.24, 2.45) is 10.8 Å². The van der Waals surface area contributed by atoms with E-state index in [2.05, 4.69) is 63.6 Å². The molecule has 0 bridgehead atoms. The van der Waals surface area contributed by atoms with Gasteiger partial charge < -0.3 is 20.4 Å². The van der Waals surface area contributed by atoms with Crippen LogP contribution in [0.2, 0.25) is 0 Å². The third-order valence-electron chi connectivity index (χ3n) is 6.51. The molecule has 32 heavy (non-hydrogen) atoms. The molecule has 2 atom stereocenters. The molecule has 0 aliphatic carbocycles. The van der Waals surface area contributed by atoms with Crippen molar-refractivity contribution in [3.05, 3.63) is 59.4 Å². The fourth-order valence-corrected chi connectivity index (χ4v) is 4.76. The summed E-state index contributed by atoms with van der Waals surface area (Å²) in [6, 6.07) is 14.5. The number of rotatable bonds is 6. The number of anilines is 2. The molecule has 4 rings (SSSR count). The van der Waals surface area contributed by atoms with E-state index in [1.807, 2.05) is 12.1 Å². The van der Waals surface area contributed by atoms with Crippen LogP contribution in [0.15, 0.2) is 47.6 Å². The van der Waals surface area contributed by atoms with Crippen LogP contribution in [0.1, 0.15) is 29.9 Å². The van der Waals surface area contributed by atoms with Crippen LogP contribution in [0.4, 0.5) is 15.8 Å². The lowest BCUT2D eigenvalue weighted by Crippen LogP contribution is -2.32. The van der Waals surface area contributed by atoms with Crippen molar-refractivity contribution in [2.45, 2.75) is 24.8 Å². The Balaban J connectivity index is 1.62. The molecule has 2 saturated heterocycles. The maximum absolute atomic E-state index is 15.3. The van der Waals surface area contributed by atoms with Gasteiger partial charge in [0.05, 0.1) is 11.9 Å². The molecule has 0 amide bonds. The second-order valence-corrected chi connectivity index (χ2v) is 9.23. The topological polar surface area (TPSA) is 60.1 Å². The number of hydrogen-bond donors (Lipinski definition) is 2. The van der Waals surface area contributed by atoms with Gasteiger partial charge in [-0.05, 0) is 56.9 Å². The number of likely N-dealkylation sites (N-methyl/N-ethyl adjacent to an activating group) is 1. The predicted molar refractivity (Wildman–Crippen MR) is 134 cm³/mol. The summed E-state index contributed by atoms with van der Waals surface area (Å²) in [5, 5.41) is 4.17. The van der Waals surface area contributed by atoms with Gasteiger partial charge >= 0.3 is 0 Å². The van der Waals surface area contributed by atoms with Crippen molar-refractivity contribution < 1.29 is 4.39 Å². The van der Waals surface area contributed by atoms with Crippen LogP contribution in [0.3, 0.4) is 0 Å². The highest BCUT2D eigenvalue weighted by molar-refractivity contribution is 7.80. The largest absolute Gasteiger partial charge is 0.375 e. The lowest BCUT2D eigenvalue weighted by molar-refractivity contribution is 0.315. The summed E-state index contributed by atoms with van der Waals surface area (Å²) in [5.74, 6) is 0.183. The van der Waals surface area contributed by atoms with Gasteiger partial charge in [0, 0.05) is 49.4 Å². The molecule has 2 heterocycles. The minimum absolute atomic E-state index is 0.0813. The van der Waals surface area contributed by atoms with Crippen molar-refractivity contribution in [1.29, 1.82) is 0 Å². The Bertz CT molecular complexity index is 980. The minimum Gasteiger partial charge on any atom is -0.375 e. The SMILES string of the molecule is CN(C)[C@@H]1CCN(c2cc(N3CCC(c4ccccc4)C3)c(F)cc2/C=N/NC(N)=S)C1. The van der Waals surface area contributed by atoms with E-state index in [1.54, 1.807) is 12.3 Å². The first-order valence-electron chi connectivity index (χ1n) is 11.1. The van der Waals surface area contributed by atoms with Gasteiger partial charge in [-0.2, -0.15) is 5.10 Å². The first-order chi connectivity index (χ1) is 15.4. The van der Waals surface area contributed by atoms with Gasteiger partial charge in [-0.25, -0.2) is 4.39 Å². The van der Waals surface area contributed by atoms with Crippen molar-refractivity contribution in [2.75, 3.05) is 50.1 Å². The van der Waals surface area contributed by atoms with Crippen molar-refractivity contribution >= 4 is 34.9 Å². The molecule has 2 aromatic carbocycles. The Kier molecular flexibility index (Phi) is 6.91. The highest BCUT2D eigenvalue weighted by Gasteiger charge is 2.29. The van der Waals surface area contributed by atoms with Crippen molar-refractivity contribution in [3.8, 4) is 0 Å². The molecule has 8 heteroatoms. The summed E-state index contributed by atoms with van der Waals surface area (Å²) in [7, 11) is 4.21. The summed E-state index contributed by atoms with van der Waals surface area (Å²) in [6.07, 6.45) is 3.69. The molecular weight excluding hydrogens is 423 g/mol. The Labute approximate surface area is 194 Å². The number of nitrogens with one attached hydrogen (secondary N) is 1. The van der Waals surface area contributed by atoms with Gasteiger partial charge in [-0.3, -0.25) is 5.43 Å². The molecular formula is C24H31FN6S. The number of hydrogen-bond acceptors (Lipinski definition) is 5. The lowest BCUT2D eigenvalue weighted by Gasteiger charge is -2.26. The zero-order valence-corrected chi connectivity index (χ0v) is 19.5. The Morgan fingerprint density at radius 3 is 2.53 bits per heavy atom. The Morgan fingerprint density at radius 2 is 1.84 bits per heavy atom. The van der Waals surface area contributed by atoms with Gasteiger partial charge in [0.25, 0.3) is 0 Å². The van der Waals surface area contributed by atoms with Crippen LogP contribution in [0, 0.1) is 5.82 Å². The molecule has 2 fully saturated rings. The van der Waals surface area contributed by atoms with Crippen LogP contribution in [0.25, 0.3) is 0 Å². The van der Waals surface area contributed by atoms with Crippen molar-refractivity contribution in [1.82, 2.24) is 10.3 Å². The monoisotopic (exact) mass is 454 g/mol. The maximum Gasteiger partial charge on any atom is 0.184 e. The molecule has 6 nitrogen and oxygen atoms in total. The minimum atomic E-state index is -0.234. The Morgan fingerprint density at radius 1 is 1.12 bits per heavy atom. The quantitative estimate of drug-likeness (QED) is 0.397.